The number of terminal acetylenes is 1. The Labute approximate surface area is 114 Å². The minimum Gasteiger partial charge on any atom is -0.392 e. The number of aliphatic hydroxyl groups is 2. The lowest BCUT2D eigenvalue weighted by Gasteiger charge is -2.23. The van der Waals surface area contributed by atoms with Crippen LogP contribution in [-0.2, 0) is 4.74 Å². The highest BCUT2D eigenvalue weighted by molar-refractivity contribution is 5.81. The molecule has 0 amide bonds. The Hall–Kier alpha value is -2.21. The largest absolute Gasteiger partial charge is 0.392 e. The number of hydrogen-bond acceptors (Lipinski definition) is 7. The Bertz CT molecular complexity index is 694. The molecule has 104 valence electrons. The van der Waals surface area contributed by atoms with Crippen molar-refractivity contribution in [2.24, 2.45) is 0 Å². The molecule has 3 heterocycles. The fourth-order valence-electron chi connectivity index (χ4n) is 2.32. The number of anilines is 1. The average Bonchev–Trinajstić information content (AvgIpc) is 3.01. The monoisotopic (exact) mass is 275 g/mol. The van der Waals surface area contributed by atoms with Gasteiger partial charge in [-0.1, -0.05) is 5.92 Å². The summed E-state index contributed by atoms with van der Waals surface area (Å²) in [6.45, 7) is -0.467. The minimum absolute atomic E-state index is 0.222. The molecule has 8 nitrogen and oxygen atoms in total. The first-order valence-corrected chi connectivity index (χ1v) is 5.99. The van der Waals surface area contributed by atoms with E-state index >= 15 is 0 Å². The summed E-state index contributed by atoms with van der Waals surface area (Å²) in [6, 6.07) is 0. The molecule has 0 aromatic carbocycles. The molecular formula is C12H13N5O3. The normalized spacial score (nSPS) is 29.6. The second-order valence-corrected chi connectivity index (χ2v) is 4.60. The van der Waals surface area contributed by atoms with Crippen LogP contribution in [0.2, 0.25) is 0 Å². The fraction of sp³-hybridized carbons (Fsp3) is 0.417. The first-order chi connectivity index (χ1) is 9.61. The molecule has 1 unspecified atom stereocenters. The molecule has 0 radical (unpaired) electrons. The molecule has 0 aliphatic carbocycles. The predicted molar refractivity (Wildman–Crippen MR) is 69.1 cm³/mol. The van der Waals surface area contributed by atoms with Crippen LogP contribution in [0.3, 0.4) is 0 Å². The Morgan fingerprint density at radius 1 is 1.55 bits per heavy atom. The summed E-state index contributed by atoms with van der Waals surface area (Å²) in [4.78, 5) is 12.1. The van der Waals surface area contributed by atoms with Crippen molar-refractivity contribution in [1.29, 1.82) is 0 Å². The average molecular weight is 275 g/mol. The van der Waals surface area contributed by atoms with E-state index in [1.807, 2.05) is 0 Å². The lowest BCUT2D eigenvalue weighted by molar-refractivity contribution is -0.0891. The van der Waals surface area contributed by atoms with E-state index in [0.717, 1.165) is 0 Å². The van der Waals surface area contributed by atoms with E-state index < -0.39 is 24.5 Å². The van der Waals surface area contributed by atoms with Gasteiger partial charge >= 0.3 is 0 Å². The molecule has 4 N–H and O–H groups in total. The number of imidazole rings is 1. The van der Waals surface area contributed by atoms with Crippen LogP contribution in [0.15, 0.2) is 12.7 Å². The van der Waals surface area contributed by atoms with Gasteiger partial charge in [-0.25, -0.2) is 15.0 Å². The van der Waals surface area contributed by atoms with E-state index in [9.17, 15) is 10.2 Å². The first kappa shape index (κ1) is 12.8. The second-order valence-electron chi connectivity index (χ2n) is 4.60. The third kappa shape index (κ3) is 1.65. The maximum Gasteiger partial charge on any atom is 0.179 e. The van der Waals surface area contributed by atoms with Gasteiger partial charge in [0.15, 0.2) is 17.1 Å². The number of nitrogen functional groups attached to an aromatic ring is 1. The number of aliphatic hydroxyl groups excluding tert-OH is 2. The summed E-state index contributed by atoms with van der Waals surface area (Å²) in [7, 11) is 0. The number of fused-ring (bicyclic) bond motifs is 1. The maximum atomic E-state index is 10.0. The Balaban J connectivity index is 2.02. The van der Waals surface area contributed by atoms with Crippen molar-refractivity contribution in [3.8, 4) is 12.3 Å². The Morgan fingerprint density at radius 3 is 3.00 bits per heavy atom. The van der Waals surface area contributed by atoms with Crippen LogP contribution in [-0.4, -0.2) is 48.0 Å². The van der Waals surface area contributed by atoms with E-state index in [-0.39, 0.29) is 12.2 Å². The molecule has 1 aliphatic rings. The van der Waals surface area contributed by atoms with Crippen molar-refractivity contribution in [1.82, 2.24) is 19.5 Å². The van der Waals surface area contributed by atoms with Crippen LogP contribution in [0.5, 0.6) is 0 Å². The molecule has 2 aromatic rings. The number of aromatic nitrogens is 4. The summed E-state index contributed by atoms with van der Waals surface area (Å²) < 4.78 is 7.25. The molecule has 1 saturated heterocycles. The third-order valence-electron chi connectivity index (χ3n) is 3.49. The molecular weight excluding hydrogens is 262 g/mol. The second kappa shape index (κ2) is 4.42. The summed E-state index contributed by atoms with van der Waals surface area (Å²) in [5, 5.41) is 19.4. The van der Waals surface area contributed by atoms with E-state index in [1.54, 1.807) is 4.57 Å². The van der Waals surface area contributed by atoms with Crippen molar-refractivity contribution in [2.45, 2.75) is 24.4 Å². The van der Waals surface area contributed by atoms with Crippen LogP contribution in [0.25, 0.3) is 11.2 Å². The van der Waals surface area contributed by atoms with Gasteiger partial charge in [-0.05, 0) is 0 Å². The quantitative estimate of drug-likeness (QED) is 0.604. The molecule has 0 spiro atoms. The van der Waals surface area contributed by atoms with Crippen LogP contribution in [0.1, 0.15) is 12.6 Å². The van der Waals surface area contributed by atoms with Crippen LogP contribution in [0.4, 0.5) is 5.82 Å². The van der Waals surface area contributed by atoms with Gasteiger partial charge in [0.05, 0.1) is 12.9 Å². The van der Waals surface area contributed by atoms with Crippen molar-refractivity contribution in [3.63, 3.8) is 0 Å². The zero-order chi connectivity index (χ0) is 14.3. The SMILES string of the molecule is C#C[C@]1(CO)O[C@@H](n2cnc3c(N)ncnc32)CC1O. The number of ether oxygens (including phenoxy) is 1. The van der Waals surface area contributed by atoms with Gasteiger partial charge < -0.3 is 20.7 Å². The fourth-order valence-corrected chi connectivity index (χ4v) is 2.32. The van der Waals surface area contributed by atoms with Gasteiger partial charge in [-0.2, -0.15) is 0 Å². The van der Waals surface area contributed by atoms with Crippen molar-refractivity contribution < 1.29 is 14.9 Å². The van der Waals surface area contributed by atoms with E-state index in [1.165, 1.54) is 12.7 Å². The molecule has 3 atom stereocenters. The van der Waals surface area contributed by atoms with E-state index in [2.05, 4.69) is 20.9 Å². The molecule has 0 saturated carbocycles. The van der Waals surface area contributed by atoms with Gasteiger partial charge in [0.25, 0.3) is 0 Å². The number of hydrogen-bond donors (Lipinski definition) is 3. The highest BCUT2D eigenvalue weighted by atomic mass is 16.6. The first-order valence-electron chi connectivity index (χ1n) is 5.99. The lowest BCUT2D eigenvalue weighted by atomic mass is 9.99. The molecule has 3 rings (SSSR count). The van der Waals surface area contributed by atoms with Crippen molar-refractivity contribution in [2.75, 3.05) is 12.3 Å². The predicted octanol–water partition coefficient (Wildman–Crippen LogP) is -0.947. The summed E-state index contributed by atoms with van der Waals surface area (Å²) in [5.41, 5.74) is 5.25. The Kier molecular flexibility index (Phi) is 2.83. The summed E-state index contributed by atoms with van der Waals surface area (Å²) >= 11 is 0. The summed E-state index contributed by atoms with van der Waals surface area (Å²) in [6.07, 6.45) is 6.85. The van der Waals surface area contributed by atoms with Crippen LogP contribution < -0.4 is 5.73 Å². The topological polar surface area (TPSA) is 119 Å². The maximum absolute atomic E-state index is 10.0. The summed E-state index contributed by atoms with van der Waals surface area (Å²) in [5.74, 6) is 2.58. The molecule has 2 aromatic heterocycles. The van der Waals surface area contributed by atoms with E-state index in [4.69, 9.17) is 16.9 Å². The van der Waals surface area contributed by atoms with Gasteiger partial charge in [-0.3, -0.25) is 4.57 Å². The Morgan fingerprint density at radius 2 is 2.35 bits per heavy atom. The highest BCUT2D eigenvalue weighted by Crippen LogP contribution is 2.37. The number of rotatable bonds is 2. The minimum atomic E-state index is -1.40. The van der Waals surface area contributed by atoms with Gasteiger partial charge in [0.2, 0.25) is 0 Å². The van der Waals surface area contributed by atoms with E-state index in [0.29, 0.717) is 11.2 Å². The zero-order valence-electron chi connectivity index (χ0n) is 10.5. The zero-order valence-corrected chi connectivity index (χ0v) is 10.5. The van der Waals surface area contributed by atoms with Crippen LogP contribution >= 0.6 is 0 Å². The number of nitrogens with two attached hydrogens (primary N) is 1. The standard InChI is InChI=1S/C12H13N5O3/c1-2-12(4-18)7(19)3-8(20-12)17-6-16-9-10(13)14-5-15-11(9)17/h1,5-8,18-19H,3-4H2,(H2,13,14,15)/t7?,8-,12-/m1/s1. The molecule has 1 fully saturated rings. The van der Waals surface area contributed by atoms with Gasteiger partial charge in [0, 0.05) is 6.42 Å². The number of nitrogens with zero attached hydrogens (tertiary/aromatic N) is 4. The third-order valence-corrected chi connectivity index (χ3v) is 3.49. The lowest BCUT2D eigenvalue weighted by Crippen LogP contribution is -2.41. The molecule has 8 heteroatoms. The van der Waals surface area contributed by atoms with Crippen molar-refractivity contribution >= 4 is 17.0 Å². The molecule has 0 bridgehead atoms. The van der Waals surface area contributed by atoms with Crippen molar-refractivity contribution in [3.05, 3.63) is 12.7 Å². The van der Waals surface area contributed by atoms with Gasteiger partial charge in [0.1, 0.15) is 24.2 Å². The highest BCUT2D eigenvalue weighted by Gasteiger charge is 2.47. The molecule has 1 aliphatic heterocycles. The van der Waals surface area contributed by atoms with Crippen LogP contribution in [0, 0.1) is 12.3 Å². The smallest absolute Gasteiger partial charge is 0.179 e. The van der Waals surface area contributed by atoms with Gasteiger partial charge in [-0.15, -0.1) is 6.42 Å². The molecule has 20 heavy (non-hydrogen) atoms.